The Morgan fingerprint density at radius 3 is 2.56 bits per heavy atom. The molecule has 0 saturated heterocycles. The van der Waals surface area contributed by atoms with Gasteiger partial charge in [0, 0.05) is 9.75 Å². The van der Waals surface area contributed by atoms with E-state index in [1.807, 2.05) is 13.8 Å². The maximum Gasteiger partial charge on any atom is 0.373 e. The van der Waals surface area contributed by atoms with Crippen molar-refractivity contribution < 1.29 is 9.51 Å². The molecule has 3 rings (SSSR count). The molecule has 0 bridgehead atoms. The molecule has 0 unspecified atom stereocenters. The fourth-order valence-corrected chi connectivity index (χ4v) is 4.14. The second-order valence-corrected chi connectivity index (χ2v) is 6.60. The minimum Gasteiger partial charge on any atom is -0.841 e. The Hall–Kier alpha value is -1.60. The standard InChI is InChI=1S/C11H11N3O2S2/c1-4-5(2)17-10-7(4)9(16)14(12)11-13(10)8(15)6(3)18-11/h12H2,1-3H3. The molecule has 3 heterocycles. The zero-order valence-electron chi connectivity index (χ0n) is 10.1. The van der Waals surface area contributed by atoms with Gasteiger partial charge in [-0.25, -0.2) is 4.79 Å². The van der Waals surface area contributed by atoms with Gasteiger partial charge in [-0.2, -0.15) is 4.40 Å². The van der Waals surface area contributed by atoms with E-state index in [1.54, 1.807) is 11.3 Å². The number of aromatic nitrogens is 2. The van der Waals surface area contributed by atoms with Crippen LogP contribution in [-0.4, -0.2) is 4.68 Å². The highest BCUT2D eigenvalue weighted by Gasteiger charge is 2.24. The number of nitrogens with two attached hydrogens (primary N) is 1. The number of rotatable bonds is 0. The van der Waals surface area contributed by atoms with E-state index in [-0.39, 0.29) is 11.4 Å². The number of hydrogen-bond donors (Lipinski definition) is 1. The monoisotopic (exact) mass is 281 g/mol. The lowest BCUT2D eigenvalue weighted by Crippen LogP contribution is -2.37. The lowest BCUT2D eigenvalue weighted by Gasteiger charge is -2.01. The van der Waals surface area contributed by atoms with Gasteiger partial charge in [-0.1, -0.05) is 16.0 Å². The van der Waals surface area contributed by atoms with Gasteiger partial charge in [0.1, 0.15) is 5.39 Å². The fraction of sp³-hybridized carbons (Fsp3) is 0.273. The van der Waals surface area contributed by atoms with Crippen LogP contribution in [-0.2, 0) is 0 Å². The van der Waals surface area contributed by atoms with E-state index in [4.69, 9.17) is 5.84 Å². The molecule has 0 aliphatic rings. The molecule has 0 atom stereocenters. The Balaban J connectivity index is 2.77. The molecule has 0 spiro atoms. The van der Waals surface area contributed by atoms with E-state index >= 15 is 0 Å². The summed E-state index contributed by atoms with van der Waals surface area (Å²) in [5, 5.41) is 12.7. The molecule has 0 aromatic carbocycles. The smallest absolute Gasteiger partial charge is 0.373 e. The summed E-state index contributed by atoms with van der Waals surface area (Å²) in [4.78, 5) is 15.1. The summed E-state index contributed by atoms with van der Waals surface area (Å²) in [5.41, 5.74) is 0.657. The average molecular weight is 281 g/mol. The molecule has 0 saturated carbocycles. The topological polar surface area (TPSA) is 75.2 Å². The van der Waals surface area contributed by atoms with Gasteiger partial charge in [0.15, 0.2) is 0 Å². The first-order valence-corrected chi connectivity index (χ1v) is 6.98. The van der Waals surface area contributed by atoms with Crippen molar-refractivity contribution in [2.75, 3.05) is 5.84 Å². The van der Waals surface area contributed by atoms with Gasteiger partial charge >= 0.3 is 10.5 Å². The molecule has 0 radical (unpaired) electrons. The first kappa shape index (κ1) is 11.5. The van der Waals surface area contributed by atoms with Crippen LogP contribution < -0.4 is 20.9 Å². The van der Waals surface area contributed by atoms with Crippen molar-refractivity contribution in [3.05, 3.63) is 25.7 Å². The molecule has 3 aromatic rings. The SMILES string of the molecule is Cc1sc2c(c1C)c(=O)n(N)c1sc(C)c([O-])[n+]21. The Labute approximate surface area is 110 Å². The van der Waals surface area contributed by atoms with Crippen LogP contribution in [0.5, 0.6) is 5.88 Å². The highest BCUT2D eigenvalue weighted by Crippen LogP contribution is 2.28. The van der Waals surface area contributed by atoms with E-state index in [0.717, 1.165) is 15.1 Å². The van der Waals surface area contributed by atoms with Crippen molar-refractivity contribution in [3.63, 3.8) is 0 Å². The van der Waals surface area contributed by atoms with Crippen LogP contribution in [0.25, 0.3) is 15.2 Å². The highest BCUT2D eigenvalue weighted by molar-refractivity contribution is 7.19. The number of fused-ring (bicyclic) bond motifs is 3. The van der Waals surface area contributed by atoms with Gasteiger partial charge in [0.05, 0.1) is 5.88 Å². The van der Waals surface area contributed by atoms with E-state index in [2.05, 4.69) is 0 Å². The molecule has 0 aliphatic heterocycles. The average Bonchev–Trinajstić information content (AvgIpc) is 2.77. The number of nitrogen functional groups attached to an aromatic ring is 1. The van der Waals surface area contributed by atoms with Crippen LogP contribution in [0.4, 0.5) is 0 Å². The van der Waals surface area contributed by atoms with Gasteiger partial charge in [-0.3, -0.25) is 5.84 Å². The van der Waals surface area contributed by atoms with Gasteiger partial charge in [-0.05, 0) is 37.7 Å². The number of hydrogen-bond acceptors (Lipinski definition) is 5. The normalized spacial score (nSPS) is 11.7. The maximum atomic E-state index is 12.2. The molecule has 7 heteroatoms. The van der Waals surface area contributed by atoms with Crippen LogP contribution in [0.3, 0.4) is 0 Å². The van der Waals surface area contributed by atoms with Crippen LogP contribution >= 0.6 is 22.7 Å². The lowest BCUT2D eigenvalue weighted by molar-refractivity contribution is -0.560. The summed E-state index contributed by atoms with van der Waals surface area (Å²) >= 11 is 2.70. The number of aryl methyl sites for hydroxylation is 3. The second kappa shape index (κ2) is 3.46. The molecule has 0 aliphatic carbocycles. The van der Waals surface area contributed by atoms with Crippen LogP contribution in [0.2, 0.25) is 0 Å². The largest absolute Gasteiger partial charge is 0.841 e. The Bertz CT molecular complexity index is 857. The minimum atomic E-state index is -0.242. The predicted molar refractivity (Wildman–Crippen MR) is 70.9 cm³/mol. The van der Waals surface area contributed by atoms with E-state index in [9.17, 15) is 9.90 Å². The van der Waals surface area contributed by atoms with Crippen molar-refractivity contribution in [1.29, 1.82) is 0 Å². The summed E-state index contributed by atoms with van der Waals surface area (Å²) in [7, 11) is 0. The third-order valence-electron chi connectivity index (χ3n) is 3.15. The number of thiophene rings is 1. The van der Waals surface area contributed by atoms with Gasteiger partial charge in [-0.15, -0.1) is 0 Å². The lowest BCUT2D eigenvalue weighted by atomic mass is 10.2. The molecule has 0 amide bonds. The first-order valence-electron chi connectivity index (χ1n) is 5.35. The molecular weight excluding hydrogens is 270 g/mol. The van der Waals surface area contributed by atoms with Crippen LogP contribution in [0.15, 0.2) is 4.79 Å². The summed E-state index contributed by atoms with van der Waals surface area (Å²) in [6.07, 6.45) is 0. The summed E-state index contributed by atoms with van der Waals surface area (Å²) in [5.74, 6) is 5.71. The second-order valence-electron chi connectivity index (χ2n) is 4.22. The molecule has 2 N–H and O–H groups in total. The van der Waals surface area contributed by atoms with Crippen molar-refractivity contribution >= 4 is 37.9 Å². The third kappa shape index (κ3) is 1.20. The predicted octanol–water partition coefficient (Wildman–Crippen LogP) is 0.576. The summed E-state index contributed by atoms with van der Waals surface area (Å²) in [6.45, 7) is 5.56. The van der Waals surface area contributed by atoms with E-state index < -0.39 is 0 Å². The molecular formula is C11H11N3O2S2. The molecule has 0 fully saturated rings. The zero-order valence-corrected chi connectivity index (χ0v) is 11.7. The zero-order chi connectivity index (χ0) is 13.2. The molecule has 3 aromatic heterocycles. The first-order chi connectivity index (χ1) is 8.43. The number of nitrogens with zero attached hydrogens (tertiary/aromatic N) is 2. The minimum absolute atomic E-state index is 0.0968. The van der Waals surface area contributed by atoms with Crippen LogP contribution in [0, 0.1) is 20.8 Å². The van der Waals surface area contributed by atoms with Crippen molar-refractivity contribution in [1.82, 2.24) is 4.68 Å². The maximum absolute atomic E-state index is 12.2. The van der Waals surface area contributed by atoms with Crippen LogP contribution in [0.1, 0.15) is 15.3 Å². The Morgan fingerprint density at radius 2 is 1.89 bits per heavy atom. The Morgan fingerprint density at radius 1 is 1.22 bits per heavy atom. The Kier molecular flexibility index (Phi) is 2.21. The van der Waals surface area contributed by atoms with E-state index in [1.165, 1.54) is 22.7 Å². The van der Waals surface area contributed by atoms with Gasteiger partial charge in [0.2, 0.25) is 4.83 Å². The van der Waals surface area contributed by atoms with Crippen molar-refractivity contribution in [3.8, 4) is 5.88 Å². The van der Waals surface area contributed by atoms with E-state index in [0.29, 0.717) is 20.1 Å². The van der Waals surface area contributed by atoms with Crippen molar-refractivity contribution in [2.45, 2.75) is 20.8 Å². The highest BCUT2D eigenvalue weighted by atomic mass is 32.1. The van der Waals surface area contributed by atoms with Gasteiger partial charge < -0.3 is 5.11 Å². The third-order valence-corrected chi connectivity index (χ3v) is 5.38. The fourth-order valence-electron chi connectivity index (χ4n) is 2.03. The van der Waals surface area contributed by atoms with Crippen molar-refractivity contribution in [2.24, 2.45) is 0 Å². The number of thiazole rings is 1. The molecule has 18 heavy (non-hydrogen) atoms. The summed E-state index contributed by atoms with van der Waals surface area (Å²) in [6, 6.07) is 0. The summed E-state index contributed by atoms with van der Waals surface area (Å²) < 4.78 is 2.61. The molecule has 94 valence electrons. The quantitative estimate of drug-likeness (QED) is 0.484. The molecule has 5 nitrogen and oxygen atoms in total. The van der Waals surface area contributed by atoms with Gasteiger partial charge in [0.25, 0.3) is 0 Å².